The van der Waals surface area contributed by atoms with Crippen LogP contribution >= 0.6 is 0 Å². The van der Waals surface area contributed by atoms with Gasteiger partial charge in [-0.25, -0.2) is 0 Å². The van der Waals surface area contributed by atoms with Crippen LogP contribution < -0.4 is 0 Å². The molecule has 0 aromatic carbocycles. The van der Waals surface area contributed by atoms with Gasteiger partial charge < -0.3 is 4.74 Å². The zero-order chi connectivity index (χ0) is 14.0. The molecule has 5 heteroatoms. The van der Waals surface area contributed by atoms with Crippen molar-refractivity contribution in [3.63, 3.8) is 0 Å². The van der Waals surface area contributed by atoms with Gasteiger partial charge in [0.25, 0.3) is 10.1 Å². The smallest absolute Gasteiger partial charge is 0.297 e. The SMILES string of the molecule is C=C/C=C\C(=C/C=C)S(=O)(=O)OC[C@H]1CO1.CC. The first-order valence-corrected chi connectivity index (χ1v) is 7.14. The number of hydrogen-bond acceptors (Lipinski definition) is 4. The van der Waals surface area contributed by atoms with Gasteiger partial charge in [-0.15, -0.1) is 0 Å². The third-order valence-corrected chi connectivity index (χ3v) is 3.07. The summed E-state index contributed by atoms with van der Waals surface area (Å²) in [7, 11) is -3.74. The summed E-state index contributed by atoms with van der Waals surface area (Å²) in [6.07, 6.45) is 7.06. The molecule has 0 radical (unpaired) electrons. The zero-order valence-electron chi connectivity index (χ0n) is 10.8. The van der Waals surface area contributed by atoms with E-state index in [1.807, 2.05) is 13.8 Å². The molecular formula is C13H20O4S. The predicted octanol–water partition coefficient (Wildman–Crippen LogP) is 2.57. The minimum absolute atomic E-state index is 0.0445. The largest absolute Gasteiger partial charge is 0.371 e. The van der Waals surface area contributed by atoms with E-state index < -0.39 is 10.1 Å². The Morgan fingerprint density at radius 2 is 2.00 bits per heavy atom. The van der Waals surface area contributed by atoms with E-state index in [2.05, 4.69) is 13.2 Å². The fraction of sp³-hybridized carbons (Fsp3) is 0.385. The van der Waals surface area contributed by atoms with Gasteiger partial charge in [0.2, 0.25) is 0 Å². The van der Waals surface area contributed by atoms with E-state index in [4.69, 9.17) is 8.92 Å². The van der Waals surface area contributed by atoms with Crippen molar-refractivity contribution in [2.75, 3.05) is 13.2 Å². The van der Waals surface area contributed by atoms with Crippen LogP contribution in [0.3, 0.4) is 0 Å². The highest BCUT2D eigenvalue weighted by Crippen LogP contribution is 2.16. The Bertz CT molecular complexity index is 414. The van der Waals surface area contributed by atoms with Crippen molar-refractivity contribution in [2.45, 2.75) is 20.0 Å². The molecular weight excluding hydrogens is 252 g/mol. The topological polar surface area (TPSA) is 55.9 Å². The lowest BCUT2D eigenvalue weighted by atomic mass is 10.4. The van der Waals surface area contributed by atoms with Crippen LogP contribution in [0.1, 0.15) is 13.8 Å². The van der Waals surface area contributed by atoms with Crippen LogP contribution in [-0.4, -0.2) is 27.7 Å². The molecule has 0 N–H and O–H groups in total. The van der Waals surface area contributed by atoms with E-state index in [-0.39, 0.29) is 17.6 Å². The minimum atomic E-state index is -3.74. The van der Waals surface area contributed by atoms with Gasteiger partial charge in [0.1, 0.15) is 6.10 Å². The summed E-state index contributed by atoms with van der Waals surface area (Å²) in [4.78, 5) is 0.0445. The summed E-state index contributed by atoms with van der Waals surface area (Å²) in [6.45, 7) is 11.5. The first-order chi connectivity index (χ1) is 8.60. The summed E-state index contributed by atoms with van der Waals surface area (Å²) >= 11 is 0. The molecule has 1 atom stereocenters. The average Bonchev–Trinajstić information content (AvgIpc) is 3.18. The van der Waals surface area contributed by atoms with Gasteiger partial charge in [0.05, 0.1) is 18.1 Å². The van der Waals surface area contributed by atoms with Crippen molar-refractivity contribution in [3.8, 4) is 0 Å². The van der Waals surface area contributed by atoms with Crippen LogP contribution in [0.5, 0.6) is 0 Å². The Morgan fingerprint density at radius 3 is 2.44 bits per heavy atom. The molecule has 0 bridgehead atoms. The molecule has 0 spiro atoms. The summed E-state index contributed by atoms with van der Waals surface area (Å²) in [5.41, 5.74) is 0. The van der Waals surface area contributed by atoms with Crippen molar-refractivity contribution >= 4 is 10.1 Å². The van der Waals surface area contributed by atoms with Crippen LogP contribution in [0.15, 0.2) is 48.4 Å². The number of epoxide rings is 1. The summed E-state index contributed by atoms with van der Waals surface area (Å²) in [5, 5.41) is 0. The Labute approximate surface area is 109 Å². The van der Waals surface area contributed by atoms with Crippen molar-refractivity contribution in [1.82, 2.24) is 0 Å². The van der Waals surface area contributed by atoms with E-state index in [1.165, 1.54) is 30.4 Å². The van der Waals surface area contributed by atoms with E-state index in [9.17, 15) is 8.42 Å². The van der Waals surface area contributed by atoms with Gasteiger partial charge in [-0.05, 0) is 12.2 Å². The monoisotopic (exact) mass is 272 g/mol. The Hall–Kier alpha value is -1.17. The van der Waals surface area contributed by atoms with Crippen molar-refractivity contribution in [3.05, 3.63) is 48.4 Å². The Morgan fingerprint density at radius 1 is 1.39 bits per heavy atom. The van der Waals surface area contributed by atoms with Crippen LogP contribution in [0.4, 0.5) is 0 Å². The fourth-order valence-corrected chi connectivity index (χ4v) is 1.87. The van der Waals surface area contributed by atoms with Gasteiger partial charge >= 0.3 is 0 Å². The summed E-state index contributed by atoms with van der Waals surface area (Å²) in [6, 6.07) is 0. The number of ether oxygens (including phenoxy) is 1. The maximum atomic E-state index is 11.7. The minimum Gasteiger partial charge on any atom is -0.371 e. The molecule has 1 heterocycles. The molecule has 102 valence electrons. The molecule has 0 aliphatic carbocycles. The highest BCUT2D eigenvalue weighted by Gasteiger charge is 2.26. The van der Waals surface area contributed by atoms with Gasteiger partial charge in [0.15, 0.2) is 0 Å². The van der Waals surface area contributed by atoms with Crippen molar-refractivity contribution in [2.24, 2.45) is 0 Å². The molecule has 1 rings (SSSR count). The molecule has 0 amide bonds. The van der Waals surface area contributed by atoms with Crippen LogP contribution in [0.2, 0.25) is 0 Å². The molecule has 1 aliphatic rings. The van der Waals surface area contributed by atoms with Crippen LogP contribution in [-0.2, 0) is 19.0 Å². The maximum Gasteiger partial charge on any atom is 0.297 e. The van der Waals surface area contributed by atoms with Crippen molar-refractivity contribution in [1.29, 1.82) is 0 Å². The quantitative estimate of drug-likeness (QED) is 0.406. The third kappa shape index (κ3) is 6.54. The second-order valence-corrected chi connectivity index (χ2v) is 4.71. The molecule has 1 aliphatic heterocycles. The number of allylic oxidation sites excluding steroid dienone is 5. The Balaban J connectivity index is 0.00000137. The fourth-order valence-electron chi connectivity index (χ4n) is 0.899. The van der Waals surface area contributed by atoms with E-state index in [1.54, 1.807) is 0 Å². The Kier molecular flexibility index (Phi) is 8.28. The second kappa shape index (κ2) is 8.85. The van der Waals surface area contributed by atoms with E-state index >= 15 is 0 Å². The predicted molar refractivity (Wildman–Crippen MR) is 73.6 cm³/mol. The van der Waals surface area contributed by atoms with E-state index in [0.29, 0.717) is 6.61 Å². The first kappa shape index (κ1) is 16.8. The second-order valence-electron chi connectivity index (χ2n) is 3.09. The molecule has 0 aromatic heterocycles. The lowest BCUT2D eigenvalue weighted by Crippen LogP contribution is -2.11. The highest BCUT2D eigenvalue weighted by molar-refractivity contribution is 7.90. The standard InChI is InChI=1S/C11H14O4S.C2H6/c1-3-5-7-11(6-4-2)16(12,13)15-9-10-8-14-10;1-2/h3-7,10H,1-2,8-9H2;1-2H3/b7-5-,11-6+;/t10-;/m1./s1. The molecule has 0 aromatic rings. The molecule has 4 nitrogen and oxygen atoms in total. The van der Waals surface area contributed by atoms with E-state index in [0.717, 1.165) is 0 Å². The molecule has 0 saturated carbocycles. The lowest BCUT2D eigenvalue weighted by Gasteiger charge is -2.03. The van der Waals surface area contributed by atoms with Crippen LogP contribution in [0.25, 0.3) is 0 Å². The molecule has 1 saturated heterocycles. The average molecular weight is 272 g/mol. The summed E-state index contributed by atoms with van der Waals surface area (Å²) < 4.78 is 33.0. The summed E-state index contributed by atoms with van der Waals surface area (Å²) in [5.74, 6) is 0. The van der Waals surface area contributed by atoms with Gasteiger partial charge in [-0.1, -0.05) is 45.2 Å². The molecule has 18 heavy (non-hydrogen) atoms. The van der Waals surface area contributed by atoms with Crippen LogP contribution in [0, 0.1) is 0 Å². The van der Waals surface area contributed by atoms with Gasteiger partial charge in [0, 0.05) is 0 Å². The first-order valence-electron chi connectivity index (χ1n) is 5.73. The van der Waals surface area contributed by atoms with Gasteiger partial charge in [-0.2, -0.15) is 8.42 Å². The lowest BCUT2D eigenvalue weighted by molar-refractivity contribution is 0.269. The third-order valence-electron chi connectivity index (χ3n) is 1.78. The zero-order valence-corrected chi connectivity index (χ0v) is 11.7. The molecule has 1 fully saturated rings. The van der Waals surface area contributed by atoms with Crippen molar-refractivity contribution < 1.29 is 17.3 Å². The number of hydrogen-bond donors (Lipinski definition) is 0. The highest BCUT2D eigenvalue weighted by atomic mass is 32.2. The maximum absolute atomic E-state index is 11.7. The normalized spacial score (nSPS) is 19.0. The van der Waals surface area contributed by atoms with Gasteiger partial charge in [-0.3, -0.25) is 4.18 Å². The number of rotatable bonds is 7. The molecule has 0 unspecified atom stereocenters.